The maximum atomic E-state index is 12.0. The highest BCUT2D eigenvalue weighted by Gasteiger charge is 2.12. The van der Waals surface area contributed by atoms with Crippen LogP contribution in [0, 0.1) is 10.1 Å². The van der Waals surface area contributed by atoms with E-state index in [0.29, 0.717) is 29.4 Å². The van der Waals surface area contributed by atoms with Crippen molar-refractivity contribution in [2.75, 3.05) is 32.7 Å². The van der Waals surface area contributed by atoms with Crippen molar-refractivity contribution in [3.8, 4) is 11.5 Å². The molecule has 0 unspecified atom stereocenters. The van der Waals surface area contributed by atoms with Crippen LogP contribution in [0.2, 0.25) is 0 Å². The van der Waals surface area contributed by atoms with Crippen LogP contribution in [0.1, 0.15) is 10.4 Å². The van der Waals surface area contributed by atoms with Gasteiger partial charge in [-0.2, -0.15) is 0 Å². The van der Waals surface area contributed by atoms with Crippen LogP contribution in [-0.4, -0.2) is 43.2 Å². The zero-order chi connectivity index (χ0) is 18.2. The summed E-state index contributed by atoms with van der Waals surface area (Å²) in [5.74, 6) is 0.905. The minimum Gasteiger partial charge on any atom is -0.493 e. The first kappa shape index (κ1) is 18.0. The highest BCUT2D eigenvalue weighted by atomic mass is 16.6. The first-order valence-corrected chi connectivity index (χ1v) is 7.28. The van der Waals surface area contributed by atoms with Crippen molar-refractivity contribution in [2.24, 2.45) is 0 Å². The molecule has 0 aliphatic rings. The first-order valence-electron chi connectivity index (χ1n) is 7.28. The van der Waals surface area contributed by atoms with Crippen LogP contribution in [0.25, 0.3) is 0 Å². The van der Waals surface area contributed by atoms with E-state index < -0.39 is 10.9 Å². The normalized spacial score (nSPS) is 10.0. The van der Waals surface area contributed by atoms with Crippen molar-refractivity contribution in [3.05, 3.63) is 52.2 Å². The molecule has 0 radical (unpaired) electrons. The Morgan fingerprint density at radius 3 is 2.56 bits per heavy atom. The molecule has 9 nitrogen and oxygen atoms in total. The van der Waals surface area contributed by atoms with Crippen molar-refractivity contribution in [3.63, 3.8) is 0 Å². The minimum absolute atomic E-state index is 0.0922. The molecule has 25 heavy (non-hydrogen) atoms. The Labute approximate surface area is 143 Å². The fourth-order valence-electron chi connectivity index (χ4n) is 1.97. The number of hydrogen-bond acceptors (Lipinski definition) is 8. The predicted molar refractivity (Wildman–Crippen MR) is 89.2 cm³/mol. The van der Waals surface area contributed by atoms with Crippen LogP contribution >= 0.6 is 0 Å². The molecule has 0 aliphatic heterocycles. The Kier molecular flexibility index (Phi) is 6.10. The van der Waals surface area contributed by atoms with Crippen LogP contribution < -0.4 is 14.8 Å². The number of ether oxygens (including phenoxy) is 3. The molecule has 1 aromatic carbocycles. The summed E-state index contributed by atoms with van der Waals surface area (Å²) in [5.41, 5.74) is 0.247. The van der Waals surface area contributed by atoms with Crippen LogP contribution in [-0.2, 0) is 4.74 Å². The molecule has 0 fully saturated rings. The van der Waals surface area contributed by atoms with E-state index in [4.69, 9.17) is 14.2 Å². The van der Waals surface area contributed by atoms with Crippen LogP contribution in [0.15, 0.2) is 36.5 Å². The average molecular weight is 347 g/mol. The molecule has 2 aromatic rings. The number of methoxy groups -OCH3 is 2. The smallest absolute Gasteiger partial charge is 0.338 e. The van der Waals surface area contributed by atoms with Crippen LogP contribution in [0.4, 0.5) is 11.5 Å². The quantitative estimate of drug-likeness (QED) is 0.335. The molecule has 0 spiro atoms. The number of benzene rings is 1. The van der Waals surface area contributed by atoms with Crippen LogP contribution in [0.3, 0.4) is 0 Å². The van der Waals surface area contributed by atoms with E-state index in [1.54, 1.807) is 12.1 Å². The van der Waals surface area contributed by atoms with Gasteiger partial charge in [-0.15, -0.1) is 0 Å². The number of aromatic nitrogens is 1. The fraction of sp³-hybridized carbons (Fsp3) is 0.250. The highest BCUT2D eigenvalue weighted by Crippen LogP contribution is 2.27. The summed E-state index contributed by atoms with van der Waals surface area (Å²) in [5, 5.41) is 13.4. The molecule has 1 heterocycles. The van der Waals surface area contributed by atoms with Gasteiger partial charge in [-0.3, -0.25) is 10.1 Å². The van der Waals surface area contributed by atoms with Crippen molar-refractivity contribution < 1.29 is 23.9 Å². The number of nitrogens with one attached hydrogen (secondary N) is 1. The second kappa shape index (κ2) is 8.48. The van der Waals surface area contributed by atoms with E-state index in [0.717, 1.165) is 6.20 Å². The number of carbonyl (C=O) groups excluding carboxylic acids is 1. The minimum atomic E-state index is -0.526. The van der Waals surface area contributed by atoms with Crippen molar-refractivity contribution >= 4 is 17.5 Å². The Morgan fingerprint density at radius 2 is 1.96 bits per heavy atom. The Morgan fingerprint density at radius 1 is 1.20 bits per heavy atom. The van der Waals surface area contributed by atoms with E-state index in [1.807, 2.05) is 0 Å². The summed E-state index contributed by atoms with van der Waals surface area (Å²) in [6.45, 7) is 0.412. The monoisotopic (exact) mass is 347 g/mol. The van der Waals surface area contributed by atoms with Gasteiger partial charge >= 0.3 is 5.97 Å². The molecule has 1 N–H and O–H groups in total. The van der Waals surface area contributed by atoms with E-state index in [9.17, 15) is 14.9 Å². The number of carbonyl (C=O) groups is 1. The Balaban J connectivity index is 1.83. The second-order valence-corrected chi connectivity index (χ2v) is 4.79. The summed E-state index contributed by atoms with van der Waals surface area (Å²) >= 11 is 0. The predicted octanol–water partition coefficient (Wildman–Crippen LogP) is 2.28. The van der Waals surface area contributed by atoms with Gasteiger partial charge in [-0.25, -0.2) is 9.78 Å². The van der Waals surface area contributed by atoms with Gasteiger partial charge in [0.25, 0.3) is 5.69 Å². The molecule has 0 saturated heterocycles. The third-order valence-electron chi connectivity index (χ3n) is 3.22. The summed E-state index contributed by atoms with van der Waals surface area (Å²) in [7, 11) is 2.99. The lowest BCUT2D eigenvalue weighted by Crippen LogP contribution is -2.14. The number of nitrogens with zero attached hydrogens (tertiary/aromatic N) is 2. The van der Waals surface area contributed by atoms with Crippen molar-refractivity contribution in [1.29, 1.82) is 0 Å². The van der Waals surface area contributed by atoms with Gasteiger partial charge in [-0.1, -0.05) is 0 Å². The number of pyridine rings is 1. The van der Waals surface area contributed by atoms with Gasteiger partial charge in [0.15, 0.2) is 11.5 Å². The third-order valence-corrected chi connectivity index (χ3v) is 3.22. The molecule has 9 heteroatoms. The van der Waals surface area contributed by atoms with Crippen LogP contribution in [0.5, 0.6) is 11.5 Å². The Bertz CT molecular complexity index is 748. The number of nitro groups is 1. The molecule has 0 saturated carbocycles. The zero-order valence-corrected chi connectivity index (χ0v) is 13.7. The topological polar surface area (TPSA) is 113 Å². The van der Waals surface area contributed by atoms with Gasteiger partial charge in [0.2, 0.25) is 0 Å². The highest BCUT2D eigenvalue weighted by molar-refractivity contribution is 5.90. The fourth-order valence-corrected chi connectivity index (χ4v) is 1.97. The lowest BCUT2D eigenvalue weighted by atomic mass is 10.2. The summed E-state index contributed by atoms with van der Waals surface area (Å²) in [6, 6.07) is 7.55. The summed E-state index contributed by atoms with van der Waals surface area (Å²) < 4.78 is 15.4. The molecule has 0 amide bonds. The van der Waals surface area contributed by atoms with E-state index in [1.165, 1.54) is 32.4 Å². The number of hydrogen-bond donors (Lipinski definition) is 1. The lowest BCUT2D eigenvalue weighted by Gasteiger charge is -2.10. The van der Waals surface area contributed by atoms with Crippen molar-refractivity contribution in [1.82, 2.24) is 4.98 Å². The molecule has 2 rings (SSSR count). The summed E-state index contributed by atoms with van der Waals surface area (Å²) in [6.07, 6.45) is 1.15. The Hall–Kier alpha value is -3.36. The lowest BCUT2D eigenvalue weighted by molar-refractivity contribution is -0.385. The molecule has 0 aliphatic carbocycles. The van der Waals surface area contributed by atoms with Gasteiger partial charge in [0.1, 0.15) is 18.6 Å². The molecule has 0 bridgehead atoms. The summed E-state index contributed by atoms with van der Waals surface area (Å²) in [4.78, 5) is 25.9. The molecular formula is C16H17N3O6. The van der Waals surface area contributed by atoms with Gasteiger partial charge in [0, 0.05) is 6.07 Å². The van der Waals surface area contributed by atoms with Crippen molar-refractivity contribution in [2.45, 2.75) is 0 Å². The van der Waals surface area contributed by atoms with E-state index >= 15 is 0 Å². The van der Waals surface area contributed by atoms with Gasteiger partial charge < -0.3 is 19.5 Å². The van der Waals surface area contributed by atoms with E-state index in [-0.39, 0.29) is 12.3 Å². The second-order valence-electron chi connectivity index (χ2n) is 4.79. The number of esters is 1. The maximum absolute atomic E-state index is 12.0. The first-order chi connectivity index (χ1) is 12.0. The SMILES string of the molecule is COc1ccc(C(=O)OCCNc2ccc([N+](=O)[O-])cn2)cc1OC. The van der Waals surface area contributed by atoms with Gasteiger partial charge in [-0.05, 0) is 24.3 Å². The maximum Gasteiger partial charge on any atom is 0.338 e. The zero-order valence-electron chi connectivity index (χ0n) is 13.7. The standard InChI is InChI=1S/C16H17N3O6/c1-23-13-5-3-11(9-14(13)24-2)16(20)25-8-7-17-15-6-4-12(10-18-15)19(21)22/h3-6,9-10H,7-8H2,1-2H3,(H,17,18). The van der Waals surface area contributed by atoms with Gasteiger partial charge in [0.05, 0.1) is 31.3 Å². The largest absolute Gasteiger partial charge is 0.493 e. The molecule has 1 aromatic heterocycles. The average Bonchev–Trinajstić information content (AvgIpc) is 2.64. The number of anilines is 1. The molecule has 0 atom stereocenters. The molecule has 132 valence electrons. The number of rotatable bonds is 8. The molecular weight excluding hydrogens is 330 g/mol. The third kappa shape index (κ3) is 4.80. The van der Waals surface area contributed by atoms with E-state index in [2.05, 4.69) is 10.3 Å².